The quantitative estimate of drug-likeness (QED) is 0.204. The molecule has 0 aliphatic heterocycles. The number of benzene rings is 4. The van der Waals surface area contributed by atoms with E-state index in [0.29, 0.717) is 22.3 Å². The zero-order chi connectivity index (χ0) is 25.1. The van der Waals surface area contributed by atoms with Crippen LogP contribution in [-0.2, 0) is 0 Å². The van der Waals surface area contributed by atoms with Crippen LogP contribution >= 0.6 is 0 Å². The van der Waals surface area contributed by atoms with Crippen LogP contribution in [0.2, 0.25) is 0 Å². The van der Waals surface area contributed by atoms with Gasteiger partial charge in [-0.15, -0.1) is 0 Å². The largest absolute Gasteiger partial charge is 0.480 e. The molecule has 0 amide bonds. The van der Waals surface area contributed by atoms with Crippen LogP contribution in [0.15, 0.2) is 118 Å². The van der Waals surface area contributed by atoms with E-state index in [1.165, 1.54) is 0 Å². The highest BCUT2D eigenvalue weighted by atomic mass is 16.5. The molecule has 0 unspecified atom stereocenters. The molecule has 0 fully saturated rings. The maximum atomic E-state index is 9.86. The van der Waals surface area contributed by atoms with Gasteiger partial charge in [0.05, 0.1) is 22.6 Å². The molecule has 176 valence electrons. The van der Waals surface area contributed by atoms with Crippen LogP contribution in [0.3, 0.4) is 0 Å². The molecule has 4 N–H and O–H groups in total. The van der Waals surface area contributed by atoms with Crippen LogP contribution in [0.25, 0.3) is 21.9 Å². The first-order chi connectivity index (χ1) is 17.5. The lowest BCUT2D eigenvalue weighted by Gasteiger charge is -2.02. The number of fused-ring (bicyclic) bond motifs is 2. The lowest BCUT2D eigenvalue weighted by Crippen LogP contribution is -2.00. The molecule has 6 heteroatoms. The van der Waals surface area contributed by atoms with Gasteiger partial charge in [-0.1, -0.05) is 97.1 Å². The maximum absolute atomic E-state index is 9.86. The smallest absolute Gasteiger partial charge is 0.292 e. The summed E-state index contributed by atoms with van der Waals surface area (Å²) in [6.07, 6.45) is 0. The molecule has 6 rings (SSSR count). The average molecular weight is 475 g/mol. The molecule has 0 saturated carbocycles. The van der Waals surface area contributed by atoms with Gasteiger partial charge in [0.25, 0.3) is 11.9 Å². The van der Waals surface area contributed by atoms with Crippen molar-refractivity contribution in [2.75, 3.05) is 0 Å². The fourth-order valence-corrected chi connectivity index (χ4v) is 4.05. The van der Waals surface area contributed by atoms with Crippen LogP contribution in [0.5, 0.6) is 11.9 Å². The van der Waals surface area contributed by atoms with Gasteiger partial charge in [0.1, 0.15) is 11.2 Å². The van der Waals surface area contributed by atoms with Crippen molar-refractivity contribution in [1.29, 1.82) is 10.8 Å². The Labute approximate surface area is 206 Å². The number of aromatic hydroxyl groups is 2. The molecule has 0 bridgehead atoms. The van der Waals surface area contributed by atoms with E-state index >= 15 is 0 Å². The highest BCUT2D eigenvalue weighted by Crippen LogP contribution is 2.33. The number of para-hydroxylation sites is 2. The van der Waals surface area contributed by atoms with Gasteiger partial charge in [-0.05, 0) is 12.1 Å². The second kappa shape index (κ2) is 9.64. The van der Waals surface area contributed by atoms with Crippen molar-refractivity contribution in [2.45, 2.75) is 0 Å². The van der Waals surface area contributed by atoms with Crippen LogP contribution < -0.4 is 0 Å². The molecule has 0 aliphatic rings. The van der Waals surface area contributed by atoms with Crippen LogP contribution in [0, 0.1) is 10.8 Å². The van der Waals surface area contributed by atoms with Gasteiger partial charge in [-0.2, -0.15) is 0 Å². The molecule has 6 nitrogen and oxygen atoms in total. The number of hydrogen-bond donors (Lipinski definition) is 4. The lowest BCUT2D eigenvalue weighted by atomic mass is 10.0. The van der Waals surface area contributed by atoms with Crippen molar-refractivity contribution in [3.8, 4) is 11.9 Å². The van der Waals surface area contributed by atoms with Crippen LogP contribution in [0.4, 0.5) is 0 Å². The summed E-state index contributed by atoms with van der Waals surface area (Å²) in [5.41, 5.74) is 4.08. The van der Waals surface area contributed by atoms with E-state index in [-0.39, 0.29) is 23.3 Å². The van der Waals surface area contributed by atoms with E-state index in [9.17, 15) is 10.2 Å². The van der Waals surface area contributed by atoms with E-state index in [1.54, 1.807) is 12.1 Å². The number of nitrogens with one attached hydrogen (secondary N) is 2. The van der Waals surface area contributed by atoms with E-state index in [1.807, 2.05) is 97.1 Å². The molecule has 0 saturated heterocycles. The number of hydrogen-bond acceptors (Lipinski definition) is 6. The first-order valence-electron chi connectivity index (χ1n) is 11.2. The van der Waals surface area contributed by atoms with E-state index in [2.05, 4.69) is 0 Å². The Morgan fingerprint density at radius 3 is 1.19 bits per heavy atom. The summed E-state index contributed by atoms with van der Waals surface area (Å²) in [4.78, 5) is 0. The average Bonchev–Trinajstić information content (AvgIpc) is 3.44. The molecule has 0 aliphatic carbocycles. The fraction of sp³-hybridized carbons (Fsp3) is 0. The van der Waals surface area contributed by atoms with Crippen molar-refractivity contribution in [3.63, 3.8) is 0 Å². The normalized spacial score (nSPS) is 10.7. The third-order valence-electron chi connectivity index (χ3n) is 5.78. The van der Waals surface area contributed by atoms with Gasteiger partial charge in [0.15, 0.2) is 0 Å². The number of furan rings is 2. The standard InChI is InChI=1S/2C15H11NO2/c2*16-14(10-6-2-1-3-7-10)13-11-8-4-5-9-12(11)18-15(13)17/h2*1-9,16-17H. The molecule has 0 spiro atoms. The predicted molar refractivity (Wildman–Crippen MR) is 141 cm³/mol. The Bertz CT molecular complexity index is 1550. The van der Waals surface area contributed by atoms with Gasteiger partial charge in [-0.25, -0.2) is 0 Å². The topological polar surface area (TPSA) is 114 Å². The molecule has 0 radical (unpaired) electrons. The summed E-state index contributed by atoms with van der Waals surface area (Å²) in [5.74, 6) is -0.407. The summed E-state index contributed by atoms with van der Waals surface area (Å²) in [7, 11) is 0. The van der Waals surface area contributed by atoms with Crippen molar-refractivity contribution in [3.05, 3.63) is 131 Å². The fourth-order valence-electron chi connectivity index (χ4n) is 4.05. The molecule has 2 heterocycles. The summed E-state index contributed by atoms with van der Waals surface area (Å²) in [6.45, 7) is 0. The minimum absolute atomic E-state index is 0.204. The minimum Gasteiger partial charge on any atom is -0.480 e. The Hall–Kier alpha value is -5.10. The van der Waals surface area contributed by atoms with Gasteiger partial charge in [0, 0.05) is 21.9 Å². The Morgan fingerprint density at radius 1 is 0.472 bits per heavy atom. The summed E-state index contributed by atoms with van der Waals surface area (Å²) >= 11 is 0. The van der Waals surface area contributed by atoms with Gasteiger partial charge in [-0.3, -0.25) is 10.8 Å². The summed E-state index contributed by atoms with van der Waals surface area (Å²) in [5, 5.41) is 37.6. The van der Waals surface area contributed by atoms with Gasteiger partial charge >= 0.3 is 0 Å². The number of rotatable bonds is 4. The molecule has 4 aromatic carbocycles. The van der Waals surface area contributed by atoms with E-state index < -0.39 is 0 Å². The Kier molecular flexibility index (Phi) is 6.07. The monoisotopic (exact) mass is 474 g/mol. The lowest BCUT2D eigenvalue weighted by molar-refractivity contribution is 0.344. The van der Waals surface area contributed by atoms with E-state index in [4.69, 9.17) is 19.7 Å². The minimum atomic E-state index is -0.204. The SMILES string of the molecule is N=C(c1ccccc1)c1c(O)oc2ccccc12.N=C(c1ccccc1)c1c(O)oc2ccccc12. The highest BCUT2D eigenvalue weighted by Gasteiger charge is 2.19. The molecule has 36 heavy (non-hydrogen) atoms. The third-order valence-corrected chi connectivity index (χ3v) is 5.78. The molecule has 0 atom stereocenters. The van der Waals surface area contributed by atoms with Gasteiger partial charge in [0.2, 0.25) is 0 Å². The van der Waals surface area contributed by atoms with Gasteiger partial charge < -0.3 is 19.0 Å². The van der Waals surface area contributed by atoms with Crippen molar-refractivity contribution in [2.24, 2.45) is 0 Å². The van der Waals surface area contributed by atoms with Crippen molar-refractivity contribution in [1.82, 2.24) is 0 Å². The zero-order valence-electron chi connectivity index (χ0n) is 19.1. The molecule has 6 aromatic rings. The first-order valence-corrected chi connectivity index (χ1v) is 11.2. The molecule has 2 aromatic heterocycles. The summed E-state index contributed by atoms with van der Waals surface area (Å²) < 4.78 is 10.5. The second-order valence-corrected chi connectivity index (χ2v) is 8.04. The Balaban J connectivity index is 0.000000148. The zero-order valence-corrected chi connectivity index (χ0v) is 19.1. The first kappa shape index (κ1) is 22.7. The van der Waals surface area contributed by atoms with Crippen molar-refractivity contribution < 1.29 is 19.0 Å². The molecular weight excluding hydrogens is 452 g/mol. The van der Waals surface area contributed by atoms with E-state index in [0.717, 1.165) is 21.9 Å². The van der Waals surface area contributed by atoms with Crippen molar-refractivity contribution >= 4 is 33.4 Å². The van der Waals surface area contributed by atoms with Crippen LogP contribution in [-0.4, -0.2) is 21.6 Å². The predicted octanol–water partition coefficient (Wildman–Crippen LogP) is 7.11. The summed E-state index contributed by atoms with van der Waals surface area (Å²) in [6, 6.07) is 33.2. The highest BCUT2D eigenvalue weighted by molar-refractivity contribution is 6.19. The molecular formula is C30H22N2O4. The second-order valence-electron chi connectivity index (χ2n) is 8.04. The third kappa shape index (κ3) is 4.23. The van der Waals surface area contributed by atoms with Crippen LogP contribution in [0.1, 0.15) is 22.3 Å². The maximum Gasteiger partial charge on any atom is 0.292 e. The Morgan fingerprint density at radius 2 is 0.806 bits per heavy atom.